The fraction of sp³-hybridized carbons (Fsp3) is 0.889. The van der Waals surface area contributed by atoms with Gasteiger partial charge in [0.1, 0.15) is 5.78 Å². The maximum absolute atomic E-state index is 11.0. The van der Waals surface area contributed by atoms with Gasteiger partial charge in [0.2, 0.25) is 0 Å². The lowest BCUT2D eigenvalue weighted by molar-refractivity contribution is -0.122. The van der Waals surface area contributed by atoms with Crippen molar-refractivity contribution in [1.82, 2.24) is 0 Å². The van der Waals surface area contributed by atoms with Gasteiger partial charge >= 0.3 is 0 Å². The van der Waals surface area contributed by atoms with Crippen molar-refractivity contribution in [3.8, 4) is 0 Å². The van der Waals surface area contributed by atoms with E-state index in [1.165, 1.54) is 12.8 Å². The SMILES string of the molecule is C[SiH2]C1(CC(C)=O)CCCCO1. The lowest BCUT2D eigenvalue weighted by Crippen LogP contribution is -2.42. The van der Waals surface area contributed by atoms with Crippen LogP contribution in [0.5, 0.6) is 0 Å². The maximum Gasteiger partial charge on any atom is 0.132 e. The molecule has 1 rings (SSSR count). The largest absolute Gasteiger partial charge is 0.379 e. The van der Waals surface area contributed by atoms with Crippen LogP contribution in [-0.2, 0) is 9.53 Å². The Morgan fingerprint density at radius 2 is 2.33 bits per heavy atom. The van der Waals surface area contributed by atoms with Gasteiger partial charge in [0.15, 0.2) is 0 Å². The van der Waals surface area contributed by atoms with Crippen molar-refractivity contribution in [3.05, 3.63) is 0 Å². The molecule has 0 bridgehead atoms. The number of hydrogen-bond acceptors (Lipinski definition) is 2. The van der Waals surface area contributed by atoms with Gasteiger partial charge in [-0.2, -0.15) is 0 Å². The van der Waals surface area contributed by atoms with Crippen molar-refractivity contribution < 1.29 is 9.53 Å². The van der Waals surface area contributed by atoms with Crippen molar-refractivity contribution in [2.24, 2.45) is 0 Å². The van der Waals surface area contributed by atoms with Gasteiger partial charge < -0.3 is 4.74 Å². The first kappa shape index (κ1) is 9.93. The summed E-state index contributed by atoms with van der Waals surface area (Å²) in [6.07, 6.45) is 4.20. The van der Waals surface area contributed by atoms with Crippen LogP contribution in [0.25, 0.3) is 0 Å². The molecule has 1 fully saturated rings. The highest BCUT2D eigenvalue weighted by Crippen LogP contribution is 2.27. The van der Waals surface area contributed by atoms with Gasteiger partial charge in [0, 0.05) is 13.0 Å². The number of hydrogen-bond donors (Lipinski definition) is 0. The summed E-state index contributed by atoms with van der Waals surface area (Å²) in [6, 6.07) is 0. The molecule has 0 radical (unpaired) electrons. The molecule has 12 heavy (non-hydrogen) atoms. The standard InChI is InChI=1S/C9H18O2Si/c1-8(10)7-9(12-2)5-3-4-6-11-9/h3-7,12H2,1-2H3. The first-order chi connectivity index (χ1) is 5.68. The molecule has 0 aromatic heterocycles. The molecular weight excluding hydrogens is 168 g/mol. The van der Waals surface area contributed by atoms with E-state index in [0.29, 0.717) is 6.42 Å². The van der Waals surface area contributed by atoms with Crippen LogP contribution in [0.2, 0.25) is 6.55 Å². The average Bonchev–Trinajstić information content (AvgIpc) is 2.05. The fourth-order valence-corrected chi connectivity index (χ4v) is 3.46. The average molecular weight is 186 g/mol. The van der Waals surface area contributed by atoms with E-state index >= 15 is 0 Å². The number of ketones is 1. The summed E-state index contributed by atoms with van der Waals surface area (Å²) in [4.78, 5) is 11.0. The Kier molecular flexibility index (Phi) is 3.47. The summed E-state index contributed by atoms with van der Waals surface area (Å²) in [5, 5.41) is 0.0318. The zero-order valence-corrected chi connectivity index (χ0v) is 9.47. The maximum atomic E-state index is 11.0. The molecule has 0 aliphatic carbocycles. The Morgan fingerprint density at radius 1 is 1.58 bits per heavy atom. The molecule has 0 spiro atoms. The Labute approximate surface area is 76.5 Å². The first-order valence-corrected chi connectivity index (χ1v) is 6.94. The van der Waals surface area contributed by atoms with E-state index in [4.69, 9.17) is 4.74 Å². The molecule has 1 heterocycles. The lowest BCUT2D eigenvalue weighted by Gasteiger charge is -2.35. The highest BCUT2D eigenvalue weighted by atomic mass is 28.2. The van der Waals surface area contributed by atoms with Gasteiger partial charge in [-0.25, -0.2) is 0 Å². The smallest absolute Gasteiger partial charge is 0.132 e. The highest BCUT2D eigenvalue weighted by molar-refractivity contribution is 6.38. The first-order valence-electron chi connectivity index (χ1n) is 4.82. The monoisotopic (exact) mass is 186 g/mol. The lowest BCUT2D eigenvalue weighted by atomic mass is 10.0. The third-order valence-electron chi connectivity index (χ3n) is 2.65. The summed E-state index contributed by atoms with van der Waals surface area (Å²) >= 11 is 0. The number of carbonyl (C=O) groups excluding carboxylic acids is 1. The van der Waals surface area contributed by atoms with E-state index in [1.54, 1.807) is 6.92 Å². The van der Waals surface area contributed by atoms with E-state index in [0.717, 1.165) is 13.0 Å². The second kappa shape index (κ2) is 4.19. The van der Waals surface area contributed by atoms with Gasteiger partial charge in [0.25, 0.3) is 0 Å². The second-order valence-corrected chi connectivity index (χ2v) is 5.72. The third-order valence-corrected chi connectivity index (χ3v) is 4.75. The van der Waals surface area contributed by atoms with Crippen molar-refractivity contribution in [1.29, 1.82) is 0 Å². The van der Waals surface area contributed by atoms with Crippen molar-refractivity contribution >= 4 is 15.3 Å². The van der Waals surface area contributed by atoms with Crippen molar-refractivity contribution in [2.45, 2.75) is 44.4 Å². The van der Waals surface area contributed by atoms with Gasteiger partial charge in [0.05, 0.1) is 14.7 Å². The molecule has 0 aromatic rings. The van der Waals surface area contributed by atoms with Crippen LogP contribution in [-0.4, -0.2) is 27.1 Å². The normalized spacial score (nSPS) is 31.2. The zero-order valence-electron chi connectivity index (χ0n) is 8.06. The summed E-state index contributed by atoms with van der Waals surface area (Å²) in [6.45, 7) is 4.78. The number of ether oxygens (including phenoxy) is 1. The highest BCUT2D eigenvalue weighted by Gasteiger charge is 2.32. The summed E-state index contributed by atoms with van der Waals surface area (Å²) in [7, 11) is -0.224. The Hall–Kier alpha value is -0.153. The molecular formula is C9H18O2Si. The molecule has 0 N–H and O–H groups in total. The molecule has 1 atom stereocenters. The quantitative estimate of drug-likeness (QED) is 0.617. The van der Waals surface area contributed by atoms with Gasteiger partial charge in [-0.15, -0.1) is 0 Å². The van der Waals surface area contributed by atoms with E-state index in [-0.39, 0.29) is 20.5 Å². The predicted molar refractivity (Wildman–Crippen MR) is 52.2 cm³/mol. The minimum absolute atomic E-state index is 0.0318. The van der Waals surface area contributed by atoms with E-state index in [9.17, 15) is 4.79 Å². The molecule has 1 saturated heterocycles. The van der Waals surface area contributed by atoms with Gasteiger partial charge in [-0.3, -0.25) is 4.79 Å². The number of carbonyl (C=O) groups is 1. The molecule has 1 aliphatic heterocycles. The Morgan fingerprint density at radius 3 is 2.75 bits per heavy atom. The molecule has 1 aliphatic rings. The summed E-state index contributed by atoms with van der Waals surface area (Å²) in [5.74, 6) is 0.284. The Balaban J connectivity index is 2.53. The van der Waals surface area contributed by atoms with Crippen molar-refractivity contribution in [2.75, 3.05) is 6.61 Å². The van der Waals surface area contributed by atoms with Crippen LogP contribution in [0.3, 0.4) is 0 Å². The van der Waals surface area contributed by atoms with E-state index < -0.39 is 0 Å². The number of Topliss-reactive ketones (excluding diaryl/α,β-unsaturated/α-hetero) is 1. The summed E-state index contributed by atoms with van der Waals surface area (Å²) < 4.78 is 5.77. The minimum atomic E-state index is -0.224. The molecule has 1 unspecified atom stereocenters. The second-order valence-electron chi connectivity index (χ2n) is 3.72. The van der Waals surface area contributed by atoms with Gasteiger partial charge in [-0.1, -0.05) is 6.55 Å². The van der Waals surface area contributed by atoms with Gasteiger partial charge in [-0.05, 0) is 26.2 Å². The molecule has 3 heteroatoms. The van der Waals surface area contributed by atoms with Crippen LogP contribution < -0.4 is 0 Å². The van der Waals surface area contributed by atoms with Crippen LogP contribution in [0.1, 0.15) is 32.6 Å². The zero-order chi connectivity index (χ0) is 9.03. The number of rotatable bonds is 3. The van der Waals surface area contributed by atoms with Crippen molar-refractivity contribution in [3.63, 3.8) is 0 Å². The minimum Gasteiger partial charge on any atom is -0.379 e. The fourth-order valence-electron chi connectivity index (χ4n) is 1.91. The van der Waals surface area contributed by atoms with Crippen LogP contribution in [0.15, 0.2) is 0 Å². The van der Waals surface area contributed by atoms with Crippen LogP contribution >= 0.6 is 0 Å². The summed E-state index contributed by atoms with van der Waals surface area (Å²) in [5.41, 5.74) is 0. The van der Waals surface area contributed by atoms with E-state index in [2.05, 4.69) is 6.55 Å². The molecule has 2 nitrogen and oxygen atoms in total. The van der Waals surface area contributed by atoms with E-state index in [1.807, 2.05) is 0 Å². The predicted octanol–water partition coefficient (Wildman–Crippen LogP) is 1.08. The molecule has 0 saturated carbocycles. The molecule has 0 aromatic carbocycles. The van der Waals surface area contributed by atoms with Crippen LogP contribution in [0.4, 0.5) is 0 Å². The topological polar surface area (TPSA) is 26.3 Å². The molecule has 70 valence electrons. The molecule has 0 amide bonds. The Bertz CT molecular complexity index is 162. The third kappa shape index (κ3) is 2.42. The van der Waals surface area contributed by atoms with Crippen LogP contribution in [0, 0.1) is 0 Å².